The van der Waals surface area contributed by atoms with E-state index in [0.717, 1.165) is 0 Å². The van der Waals surface area contributed by atoms with Crippen LogP contribution in [0.2, 0.25) is 0 Å². The number of hydrogen-bond acceptors (Lipinski definition) is 3. The van der Waals surface area contributed by atoms with Gasteiger partial charge in [0.05, 0.1) is 11.7 Å². The summed E-state index contributed by atoms with van der Waals surface area (Å²) < 4.78 is 5.05. The standard InChI is InChI=1S/C10H17BrO3/c1-6(8(12)7(2)11)9(13)14-10(3,4)5/h7-8,12H,1H2,2-5H3. The van der Waals surface area contributed by atoms with Crippen LogP contribution < -0.4 is 0 Å². The summed E-state index contributed by atoms with van der Waals surface area (Å²) in [5, 5.41) is 9.51. The van der Waals surface area contributed by atoms with Crippen molar-refractivity contribution in [3.8, 4) is 0 Å². The molecule has 0 amide bonds. The molecule has 0 aliphatic heterocycles. The molecule has 0 heterocycles. The van der Waals surface area contributed by atoms with Crippen LogP contribution in [0.5, 0.6) is 0 Å². The molecule has 0 aliphatic carbocycles. The van der Waals surface area contributed by atoms with Crippen molar-refractivity contribution < 1.29 is 14.6 Å². The zero-order valence-electron chi connectivity index (χ0n) is 9.00. The van der Waals surface area contributed by atoms with Crippen LogP contribution >= 0.6 is 15.9 Å². The van der Waals surface area contributed by atoms with Crippen LogP contribution in [0.4, 0.5) is 0 Å². The molecular weight excluding hydrogens is 248 g/mol. The van der Waals surface area contributed by atoms with Crippen molar-refractivity contribution in [3.05, 3.63) is 12.2 Å². The quantitative estimate of drug-likeness (QED) is 0.482. The molecule has 14 heavy (non-hydrogen) atoms. The summed E-state index contributed by atoms with van der Waals surface area (Å²) in [5.74, 6) is -0.559. The maximum atomic E-state index is 11.4. The van der Waals surface area contributed by atoms with Gasteiger partial charge >= 0.3 is 5.97 Å². The number of rotatable bonds is 3. The number of esters is 1. The van der Waals surface area contributed by atoms with E-state index in [4.69, 9.17) is 4.74 Å². The van der Waals surface area contributed by atoms with Gasteiger partial charge in [0.15, 0.2) is 0 Å². The first-order valence-electron chi connectivity index (χ1n) is 4.39. The Balaban J connectivity index is 4.35. The Bertz CT molecular complexity index is 228. The lowest BCUT2D eigenvalue weighted by Crippen LogP contribution is -2.31. The molecule has 0 fully saturated rings. The van der Waals surface area contributed by atoms with Crippen LogP contribution in [-0.2, 0) is 9.53 Å². The van der Waals surface area contributed by atoms with Crippen molar-refractivity contribution in [1.82, 2.24) is 0 Å². The number of aliphatic hydroxyl groups excluding tert-OH is 1. The summed E-state index contributed by atoms with van der Waals surface area (Å²) >= 11 is 3.17. The monoisotopic (exact) mass is 264 g/mol. The molecule has 0 aromatic carbocycles. The molecule has 0 rings (SSSR count). The van der Waals surface area contributed by atoms with Gasteiger partial charge < -0.3 is 9.84 Å². The summed E-state index contributed by atoms with van der Waals surface area (Å²) in [6, 6.07) is 0. The van der Waals surface area contributed by atoms with Crippen molar-refractivity contribution in [3.63, 3.8) is 0 Å². The maximum Gasteiger partial charge on any atom is 0.336 e. The van der Waals surface area contributed by atoms with Gasteiger partial charge in [-0.05, 0) is 27.7 Å². The van der Waals surface area contributed by atoms with Gasteiger partial charge in [-0.2, -0.15) is 0 Å². The molecule has 0 aromatic heterocycles. The van der Waals surface area contributed by atoms with E-state index in [1.54, 1.807) is 27.7 Å². The Labute approximate surface area is 93.3 Å². The van der Waals surface area contributed by atoms with Crippen LogP contribution in [0.3, 0.4) is 0 Å². The topological polar surface area (TPSA) is 46.5 Å². The van der Waals surface area contributed by atoms with Crippen LogP contribution in [-0.4, -0.2) is 27.6 Å². The highest BCUT2D eigenvalue weighted by Gasteiger charge is 2.25. The Morgan fingerprint density at radius 2 is 1.93 bits per heavy atom. The second-order valence-corrected chi connectivity index (χ2v) is 5.59. The highest BCUT2D eigenvalue weighted by atomic mass is 79.9. The first kappa shape index (κ1) is 13.7. The minimum Gasteiger partial charge on any atom is -0.457 e. The average Bonchev–Trinajstić information content (AvgIpc) is 1.98. The minimum absolute atomic E-state index is 0.0734. The Morgan fingerprint density at radius 1 is 1.50 bits per heavy atom. The fraction of sp³-hybridized carbons (Fsp3) is 0.700. The summed E-state index contributed by atoms with van der Waals surface area (Å²) in [6.07, 6.45) is -0.912. The summed E-state index contributed by atoms with van der Waals surface area (Å²) in [6.45, 7) is 10.5. The molecule has 82 valence electrons. The third kappa shape index (κ3) is 4.77. The molecule has 0 aliphatic rings. The second-order valence-electron chi connectivity index (χ2n) is 4.15. The molecule has 3 nitrogen and oxygen atoms in total. The van der Waals surface area contributed by atoms with Crippen LogP contribution in [0.1, 0.15) is 27.7 Å². The summed E-state index contributed by atoms with van der Waals surface area (Å²) in [4.78, 5) is 11.2. The van der Waals surface area contributed by atoms with Crippen molar-refractivity contribution in [2.75, 3.05) is 0 Å². The van der Waals surface area contributed by atoms with Crippen molar-refractivity contribution >= 4 is 21.9 Å². The molecule has 2 atom stereocenters. The van der Waals surface area contributed by atoms with E-state index < -0.39 is 17.7 Å². The van der Waals surface area contributed by atoms with Gasteiger partial charge in [-0.1, -0.05) is 22.5 Å². The van der Waals surface area contributed by atoms with E-state index in [2.05, 4.69) is 22.5 Å². The molecule has 0 saturated heterocycles. The lowest BCUT2D eigenvalue weighted by Gasteiger charge is -2.22. The largest absolute Gasteiger partial charge is 0.457 e. The van der Waals surface area contributed by atoms with Gasteiger partial charge in [-0.3, -0.25) is 0 Å². The number of ether oxygens (including phenoxy) is 1. The third-order valence-electron chi connectivity index (χ3n) is 1.45. The van der Waals surface area contributed by atoms with Crippen molar-refractivity contribution in [2.45, 2.75) is 44.2 Å². The molecule has 0 spiro atoms. The van der Waals surface area contributed by atoms with Gasteiger partial charge in [-0.15, -0.1) is 0 Å². The Morgan fingerprint density at radius 3 is 2.21 bits per heavy atom. The van der Waals surface area contributed by atoms with E-state index in [0.29, 0.717) is 0 Å². The van der Waals surface area contributed by atoms with E-state index in [9.17, 15) is 9.90 Å². The van der Waals surface area contributed by atoms with Gasteiger partial charge in [0.25, 0.3) is 0 Å². The highest BCUT2D eigenvalue weighted by molar-refractivity contribution is 9.09. The molecule has 0 bridgehead atoms. The summed E-state index contributed by atoms with van der Waals surface area (Å²) in [5.41, 5.74) is -0.487. The molecule has 0 radical (unpaired) electrons. The van der Waals surface area contributed by atoms with E-state index in [1.807, 2.05) is 0 Å². The predicted octanol–water partition coefficient (Wildman–Crippen LogP) is 2.03. The molecule has 0 aromatic rings. The number of carbonyl (C=O) groups excluding carboxylic acids is 1. The number of hydrogen-bond donors (Lipinski definition) is 1. The zero-order valence-corrected chi connectivity index (χ0v) is 10.6. The van der Waals surface area contributed by atoms with Crippen molar-refractivity contribution in [2.24, 2.45) is 0 Å². The van der Waals surface area contributed by atoms with Crippen LogP contribution in [0.15, 0.2) is 12.2 Å². The van der Waals surface area contributed by atoms with Crippen LogP contribution in [0.25, 0.3) is 0 Å². The van der Waals surface area contributed by atoms with E-state index in [1.165, 1.54) is 0 Å². The smallest absolute Gasteiger partial charge is 0.336 e. The lowest BCUT2D eigenvalue weighted by atomic mass is 10.1. The maximum absolute atomic E-state index is 11.4. The Hall–Kier alpha value is -0.350. The first-order valence-corrected chi connectivity index (χ1v) is 5.31. The van der Waals surface area contributed by atoms with Crippen molar-refractivity contribution in [1.29, 1.82) is 0 Å². The second kappa shape index (κ2) is 4.94. The van der Waals surface area contributed by atoms with E-state index in [-0.39, 0.29) is 10.4 Å². The predicted molar refractivity (Wildman–Crippen MR) is 59.4 cm³/mol. The molecule has 4 heteroatoms. The minimum atomic E-state index is -0.912. The first-order chi connectivity index (χ1) is 6.15. The molecular formula is C10H17BrO3. The lowest BCUT2D eigenvalue weighted by molar-refractivity contribution is -0.151. The van der Waals surface area contributed by atoms with Gasteiger partial charge in [0, 0.05) is 4.83 Å². The molecule has 1 N–H and O–H groups in total. The fourth-order valence-corrected chi connectivity index (χ4v) is 1.06. The zero-order chi connectivity index (χ0) is 11.5. The normalized spacial score (nSPS) is 15.9. The summed E-state index contributed by atoms with van der Waals surface area (Å²) in [7, 11) is 0. The Kier molecular flexibility index (Phi) is 4.81. The van der Waals surface area contributed by atoms with E-state index >= 15 is 0 Å². The van der Waals surface area contributed by atoms with Gasteiger partial charge in [0.1, 0.15) is 5.60 Å². The third-order valence-corrected chi connectivity index (χ3v) is 1.95. The fourth-order valence-electron chi connectivity index (χ4n) is 0.742. The number of halogens is 1. The highest BCUT2D eigenvalue weighted by Crippen LogP contribution is 2.16. The van der Waals surface area contributed by atoms with Gasteiger partial charge in [0.2, 0.25) is 0 Å². The van der Waals surface area contributed by atoms with Gasteiger partial charge in [-0.25, -0.2) is 4.79 Å². The number of alkyl halides is 1. The molecule has 2 unspecified atom stereocenters. The molecule has 0 saturated carbocycles. The number of carbonyl (C=O) groups is 1. The van der Waals surface area contributed by atoms with Crippen LogP contribution in [0, 0.1) is 0 Å². The SMILES string of the molecule is C=C(C(=O)OC(C)(C)C)C(O)C(C)Br. The number of aliphatic hydroxyl groups is 1. The average molecular weight is 265 g/mol.